The van der Waals surface area contributed by atoms with Crippen LogP contribution < -0.4 is 0 Å². The Balaban J connectivity index is 2.77. The Bertz CT molecular complexity index is 511. The number of para-hydroxylation sites is 2. The molecule has 6 heteroatoms. The van der Waals surface area contributed by atoms with E-state index in [-0.39, 0.29) is 0 Å². The number of fused-ring (bicyclic) bond motifs is 1. The fourth-order valence-electron chi connectivity index (χ4n) is 1.05. The molecule has 67 valence electrons. The van der Waals surface area contributed by atoms with Crippen LogP contribution in [0.15, 0.2) is 29.4 Å². The summed E-state index contributed by atoms with van der Waals surface area (Å²) >= 11 is 0. The number of imidazole rings is 1. The number of aromatic nitrogens is 2. The summed E-state index contributed by atoms with van der Waals surface area (Å²) in [6.45, 7) is 0. The monoisotopic (exact) mass is 197 g/mol. The highest BCUT2D eigenvalue weighted by molar-refractivity contribution is 7.85. The Kier molecular flexibility index (Phi) is 1.61. The number of hydrogen-bond acceptors (Lipinski definition) is 3. The molecule has 0 aliphatic heterocycles. The predicted molar refractivity (Wildman–Crippen MR) is 44.0 cm³/mol. The lowest BCUT2D eigenvalue weighted by Gasteiger charge is -1.82. The molecule has 1 radical (unpaired) electrons. The minimum atomic E-state index is -4.48. The highest BCUT2D eigenvalue weighted by atomic mass is 32.2. The molecule has 5 nitrogen and oxygen atoms in total. The second-order valence-corrected chi connectivity index (χ2v) is 3.81. The van der Waals surface area contributed by atoms with Gasteiger partial charge in [-0.25, -0.2) is 4.98 Å². The number of nitrogens with one attached hydrogen (secondary N) is 1. The molecule has 1 N–H and O–H groups in total. The molecule has 0 saturated carbocycles. The second kappa shape index (κ2) is 2.54. The standard InChI is InChI=1S/C7H5N2O3S/c10-13(11,12)7-8-5-3-1-2-4-6(5)9-7/h1-4H,(H,8,9). The van der Waals surface area contributed by atoms with Gasteiger partial charge in [0.15, 0.2) is 0 Å². The largest absolute Gasteiger partial charge is 0.358 e. The van der Waals surface area contributed by atoms with E-state index in [0.717, 1.165) is 0 Å². The lowest BCUT2D eigenvalue weighted by molar-refractivity contribution is 0.408. The van der Waals surface area contributed by atoms with Gasteiger partial charge in [0.25, 0.3) is 5.16 Å². The van der Waals surface area contributed by atoms with Gasteiger partial charge in [0.1, 0.15) is 0 Å². The lowest BCUT2D eigenvalue weighted by atomic mass is 10.3. The van der Waals surface area contributed by atoms with E-state index in [1.165, 1.54) is 0 Å². The molecule has 0 unspecified atom stereocenters. The first-order valence-corrected chi connectivity index (χ1v) is 4.89. The molecule has 2 rings (SSSR count). The quantitative estimate of drug-likeness (QED) is 0.729. The van der Waals surface area contributed by atoms with Crippen LogP contribution in [-0.4, -0.2) is 18.4 Å². The number of rotatable bonds is 1. The van der Waals surface area contributed by atoms with Gasteiger partial charge in [0, 0.05) is 0 Å². The zero-order valence-electron chi connectivity index (χ0n) is 6.39. The van der Waals surface area contributed by atoms with E-state index in [0.29, 0.717) is 11.0 Å². The van der Waals surface area contributed by atoms with Crippen LogP contribution in [0.1, 0.15) is 0 Å². The first-order chi connectivity index (χ1) is 6.07. The third-order valence-corrected chi connectivity index (χ3v) is 2.27. The summed E-state index contributed by atoms with van der Waals surface area (Å²) in [5.41, 5.74) is 1.01. The van der Waals surface area contributed by atoms with Crippen LogP contribution in [0.2, 0.25) is 0 Å². The zero-order chi connectivity index (χ0) is 9.47. The first kappa shape index (κ1) is 8.21. The lowest BCUT2D eigenvalue weighted by Crippen LogP contribution is -1.97. The molecule has 0 saturated heterocycles. The van der Waals surface area contributed by atoms with Gasteiger partial charge in [-0.1, -0.05) is 16.7 Å². The van der Waals surface area contributed by atoms with Crippen molar-refractivity contribution in [3.05, 3.63) is 24.3 Å². The van der Waals surface area contributed by atoms with Crippen molar-refractivity contribution in [3.63, 3.8) is 0 Å². The number of hydrogen-bond donors (Lipinski definition) is 1. The van der Waals surface area contributed by atoms with Crippen molar-refractivity contribution in [1.29, 1.82) is 0 Å². The third kappa shape index (κ3) is 1.41. The summed E-state index contributed by atoms with van der Waals surface area (Å²) in [5.74, 6) is 0. The van der Waals surface area contributed by atoms with Crippen molar-refractivity contribution in [1.82, 2.24) is 9.97 Å². The highest BCUT2D eigenvalue weighted by Crippen LogP contribution is 2.13. The van der Waals surface area contributed by atoms with Gasteiger partial charge in [-0.2, -0.15) is 8.42 Å². The van der Waals surface area contributed by atoms with Crippen LogP contribution >= 0.6 is 0 Å². The summed E-state index contributed by atoms with van der Waals surface area (Å²) < 4.78 is 31.7. The molecule has 0 aliphatic rings. The molecular weight excluding hydrogens is 192 g/mol. The number of benzene rings is 1. The molecule has 0 spiro atoms. The average Bonchev–Trinajstić information content (AvgIpc) is 2.45. The zero-order valence-corrected chi connectivity index (χ0v) is 7.21. The van der Waals surface area contributed by atoms with E-state index in [1.807, 2.05) is 0 Å². The maximum Gasteiger partial charge on any atom is 0.358 e. The molecule has 1 aromatic carbocycles. The minimum absolute atomic E-state index is 0.469. The topological polar surface area (TPSA) is 82.7 Å². The Hall–Kier alpha value is -1.40. The normalized spacial score (nSPS) is 12.1. The van der Waals surface area contributed by atoms with Crippen molar-refractivity contribution < 1.29 is 13.0 Å². The molecule has 0 amide bonds. The molecule has 13 heavy (non-hydrogen) atoms. The highest BCUT2D eigenvalue weighted by Gasteiger charge is 2.16. The maximum atomic E-state index is 10.6. The van der Waals surface area contributed by atoms with Crippen LogP contribution in [-0.2, 0) is 14.7 Å². The number of nitrogens with zero attached hydrogens (tertiary/aromatic N) is 1. The van der Waals surface area contributed by atoms with Crippen molar-refractivity contribution in [2.75, 3.05) is 0 Å². The van der Waals surface area contributed by atoms with Gasteiger partial charge < -0.3 is 4.98 Å². The first-order valence-electron chi connectivity index (χ1n) is 3.48. The molecule has 0 aliphatic carbocycles. The van der Waals surface area contributed by atoms with Crippen LogP contribution in [0.4, 0.5) is 0 Å². The van der Waals surface area contributed by atoms with Crippen LogP contribution in [0.5, 0.6) is 0 Å². The van der Waals surface area contributed by atoms with Crippen LogP contribution in [0, 0.1) is 0 Å². The molecule has 0 atom stereocenters. The summed E-state index contributed by atoms with van der Waals surface area (Å²) in [7, 11) is -4.48. The molecule has 1 heterocycles. The van der Waals surface area contributed by atoms with Gasteiger partial charge in [0.05, 0.1) is 11.0 Å². The summed E-state index contributed by atoms with van der Waals surface area (Å²) in [6.07, 6.45) is 0. The van der Waals surface area contributed by atoms with E-state index < -0.39 is 15.3 Å². The summed E-state index contributed by atoms with van der Waals surface area (Å²) in [6, 6.07) is 6.71. The van der Waals surface area contributed by atoms with Crippen LogP contribution in [0.3, 0.4) is 0 Å². The van der Waals surface area contributed by atoms with Crippen LogP contribution in [0.25, 0.3) is 11.0 Å². The van der Waals surface area contributed by atoms with Gasteiger partial charge in [-0.3, -0.25) is 0 Å². The Labute approximate surface area is 74.2 Å². The Morgan fingerprint density at radius 3 is 2.54 bits per heavy atom. The van der Waals surface area contributed by atoms with Gasteiger partial charge >= 0.3 is 10.1 Å². The van der Waals surface area contributed by atoms with E-state index in [1.54, 1.807) is 24.3 Å². The van der Waals surface area contributed by atoms with Crippen molar-refractivity contribution >= 4 is 21.2 Å². The molecule has 0 bridgehead atoms. The second-order valence-electron chi connectivity index (χ2n) is 2.51. The van der Waals surface area contributed by atoms with E-state index in [4.69, 9.17) is 0 Å². The molecular formula is C7H5N2O3S. The third-order valence-electron chi connectivity index (χ3n) is 1.60. The average molecular weight is 197 g/mol. The fraction of sp³-hybridized carbons (Fsp3) is 0. The minimum Gasteiger partial charge on any atom is -0.327 e. The number of H-pyrrole nitrogens is 1. The molecule has 1 aromatic heterocycles. The summed E-state index contributed by atoms with van der Waals surface area (Å²) in [4.78, 5) is 6.05. The molecule has 2 aromatic rings. The fourth-order valence-corrected chi connectivity index (χ4v) is 1.49. The predicted octanol–water partition coefficient (Wildman–Crippen LogP) is 0.682. The maximum absolute atomic E-state index is 10.6. The van der Waals surface area contributed by atoms with Crippen molar-refractivity contribution in [2.24, 2.45) is 0 Å². The SMILES string of the molecule is [O]S(=O)(=O)c1nc2ccccc2[nH]1. The number of aromatic amines is 1. The van der Waals surface area contributed by atoms with Crippen molar-refractivity contribution in [3.8, 4) is 0 Å². The van der Waals surface area contributed by atoms with E-state index in [9.17, 15) is 13.0 Å². The van der Waals surface area contributed by atoms with Crippen molar-refractivity contribution in [2.45, 2.75) is 5.16 Å². The Morgan fingerprint density at radius 1 is 1.23 bits per heavy atom. The Morgan fingerprint density at radius 2 is 1.92 bits per heavy atom. The van der Waals surface area contributed by atoms with E-state index in [2.05, 4.69) is 9.97 Å². The summed E-state index contributed by atoms with van der Waals surface area (Å²) in [5, 5.41) is -0.534. The molecule has 0 fully saturated rings. The van der Waals surface area contributed by atoms with Gasteiger partial charge in [-0.15, -0.1) is 0 Å². The smallest absolute Gasteiger partial charge is 0.327 e. The van der Waals surface area contributed by atoms with E-state index >= 15 is 0 Å². The van der Waals surface area contributed by atoms with Gasteiger partial charge in [-0.05, 0) is 12.1 Å². The van der Waals surface area contributed by atoms with Gasteiger partial charge in [0.2, 0.25) is 0 Å².